The molecule has 0 heterocycles. The van der Waals surface area contributed by atoms with E-state index in [1.807, 2.05) is 35.2 Å². The van der Waals surface area contributed by atoms with Gasteiger partial charge in [-0.3, -0.25) is 4.79 Å². The number of aliphatic hydroxyl groups excluding tert-OH is 1. The van der Waals surface area contributed by atoms with Crippen LogP contribution in [-0.4, -0.2) is 47.7 Å². The van der Waals surface area contributed by atoms with Crippen LogP contribution in [-0.2, 0) is 28.6 Å². The van der Waals surface area contributed by atoms with E-state index in [1.165, 1.54) is 23.6 Å². The second-order valence-corrected chi connectivity index (χ2v) is 15.2. The lowest BCUT2D eigenvalue weighted by molar-refractivity contribution is -0.130. The summed E-state index contributed by atoms with van der Waals surface area (Å²) in [5, 5.41) is 20.1. The van der Waals surface area contributed by atoms with Gasteiger partial charge in [-0.2, -0.15) is 0 Å². The van der Waals surface area contributed by atoms with E-state index < -0.39 is 12.1 Å². The largest absolute Gasteiger partial charge is 0.390 e. The first-order valence-corrected chi connectivity index (χ1v) is 18.2. The Morgan fingerprint density at radius 1 is 0.957 bits per heavy atom. The van der Waals surface area contributed by atoms with Crippen LogP contribution in [0.25, 0.3) is 0 Å². The fourth-order valence-electron chi connectivity index (χ4n) is 6.95. The number of nitrogens with zero attached hydrogens (tertiary/aromatic N) is 1. The Labute approximate surface area is 285 Å². The Bertz CT molecular complexity index is 1420. The van der Waals surface area contributed by atoms with Crippen molar-refractivity contribution in [2.75, 3.05) is 25.0 Å². The summed E-state index contributed by atoms with van der Waals surface area (Å²) in [5.41, 5.74) is 5.03. The second-order valence-electron chi connectivity index (χ2n) is 14.5. The summed E-state index contributed by atoms with van der Waals surface area (Å²) in [5.74, 6) is -0.157. The van der Waals surface area contributed by atoms with Crippen LogP contribution in [0.2, 0.25) is 0 Å². The van der Waals surface area contributed by atoms with Crippen molar-refractivity contribution in [1.29, 1.82) is 0 Å². The first kappa shape index (κ1) is 37.0. The van der Waals surface area contributed by atoms with Crippen molar-refractivity contribution >= 4 is 26.1 Å². The van der Waals surface area contributed by atoms with Gasteiger partial charge in [0.1, 0.15) is 5.82 Å². The third-order valence-electron chi connectivity index (χ3n) is 9.51. The molecule has 0 bridgehead atoms. The third kappa shape index (κ3) is 10.6. The monoisotopic (exact) mass is 661 g/mol. The van der Waals surface area contributed by atoms with Crippen LogP contribution in [0.15, 0.2) is 66.7 Å². The SMILES string of the molecule is CCCN(CCC)C(=O)Cc1cccc(NC(Cc2cc(F)cc(P)c2)C(O)CNC2(c3cccc(C(C)(C)C)c3)CCCCC2)c1. The number of halogens is 1. The van der Waals surface area contributed by atoms with E-state index in [0.717, 1.165) is 73.7 Å². The molecule has 0 radical (unpaired) electrons. The molecule has 3 aromatic carbocycles. The average Bonchev–Trinajstić information content (AvgIpc) is 3.03. The van der Waals surface area contributed by atoms with E-state index in [2.05, 4.69) is 78.8 Å². The molecule has 4 rings (SSSR count). The lowest BCUT2D eigenvalue weighted by Crippen LogP contribution is -2.51. The molecule has 1 saturated carbocycles. The van der Waals surface area contributed by atoms with Crippen LogP contribution < -0.4 is 15.9 Å². The number of anilines is 1. The topological polar surface area (TPSA) is 64.6 Å². The minimum atomic E-state index is -0.759. The molecule has 1 aliphatic rings. The first-order valence-electron chi connectivity index (χ1n) is 17.6. The number of hydrogen-bond acceptors (Lipinski definition) is 4. The molecule has 0 aromatic heterocycles. The quantitative estimate of drug-likeness (QED) is 0.147. The number of benzene rings is 3. The standard InChI is InChI=1S/C40H57FN3O2P/c1-6-19-44(20-7-2)38(46)25-29-13-11-16-34(22-29)43-36(24-30-21-33(41)27-35(47)23-30)37(45)28-42-40(17-9-8-10-18-40)32-15-12-14-31(26-32)39(3,4)5/h11-16,21-23,26-27,36-37,42-43,45H,6-10,17-20,24-25,28,47H2,1-5H3. The predicted molar refractivity (Wildman–Crippen MR) is 198 cm³/mol. The molecule has 7 heteroatoms. The molecule has 47 heavy (non-hydrogen) atoms. The number of aliphatic hydroxyl groups is 1. The van der Waals surface area contributed by atoms with Crippen molar-refractivity contribution in [2.24, 2.45) is 0 Å². The van der Waals surface area contributed by atoms with Crippen LogP contribution in [0.1, 0.15) is 102 Å². The lowest BCUT2D eigenvalue weighted by atomic mass is 9.74. The number of carbonyl (C=O) groups is 1. The predicted octanol–water partition coefficient (Wildman–Crippen LogP) is 7.65. The molecule has 1 fully saturated rings. The smallest absolute Gasteiger partial charge is 0.226 e. The Hall–Kier alpha value is -2.79. The zero-order valence-electron chi connectivity index (χ0n) is 29.2. The molecular formula is C40H57FN3O2P. The zero-order chi connectivity index (χ0) is 34.0. The Morgan fingerprint density at radius 3 is 2.32 bits per heavy atom. The van der Waals surface area contributed by atoms with Crippen molar-refractivity contribution in [3.63, 3.8) is 0 Å². The van der Waals surface area contributed by atoms with E-state index in [-0.39, 0.29) is 22.7 Å². The van der Waals surface area contributed by atoms with E-state index in [0.29, 0.717) is 19.4 Å². The highest BCUT2D eigenvalue weighted by Gasteiger charge is 2.35. The van der Waals surface area contributed by atoms with Gasteiger partial charge in [-0.05, 0) is 89.3 Å². The van der Waals surface area contributed by atoms with Crippen LogP contribution in [0.4, 0.5) is 10.1 Å². The first-order chi connectivity index (χ1) is 22.4. The second kappa shape index (κ2) is 17.0. The average molecular weight is 662 g/mol. The van der Waals surface area contributed by atoms with Gasteiger partial charge in [-0.25, -0.2) is 4.39 Å². The molecule has 3 unspecified atom stereocenters. The van der Waals surface area contributed by atoms with Gasteiger partial charge in [0.05, 0.1) is 18.6 Å². The minimum absolute atomic E-state index is 0.0468. The van der Waals surface area contributed by atoms with Crippen LogP contribution in [0, 0.1) is 5.82 Å². The molecule has 0 spiro atoms. The summed E-state index contributed by atoms with van der Waals surface area (Å²) in [6, 6.07) is 21.5. The van der Waals surface area contributed by atoms with E-state index in [4.69, 9.17) is 0 Å². The summed E-state index contributed by atoms with van der Waals surface area (Å²) in [6.45, 7) is 12.8. The van der Waals surface area contributed by atoms with E-state index in [1.54, 1.807) is 6.07 Å². The van der Waals surface area contributed by atoms with Gasteiger partial charge in [-0.1, -0.05) is 96.3 Å². The Morgan fingerprint density at radius 2 is 1.66 bits per heavy atom. The van der Waals surface area contributed by atoms with Crippen LogP contribution >= 0.6 is 9.24 Å². The van der Waals surface area contributed by atoms with Gasteiger partial charge in [-0.15, -0.1) is 9.24 Å². The highest BCUT2D eigenvalue weighted by atomic mass is 31.0. The summed E-state index contributed by atoms with van der Waals surface area (Å²) in [6.07, 6.45) is 7.44. The Kier molecular flexibility index (Phi) is 13.4. The van der Waals surface area contributed by atoms with Gasteiger partial charge < -0.3 is 20.6 Å². The van der Waals surface area contributed by atoms with E-state index in [9.17, 15) is 14.3 Å². The normalized spacial score (nSPS) is 16.0. The summed E-state index contributed by atoms with van der Waals surface area (Å²) in [4.78, 5) is 15.1. The lowest BCUT2D eigenvalue weighted by Gasteiger charge is -2.41. The molecule has 256 valence electrons. The zero-order valence-corrected chi connectivity index (χ0v) is 30.4. The van der Waals surface area contributed by atoms with Gasteiger partial charge in [0, 0.05) is 30.9 Å². The molecule has 5 nitrogen and oxygen atoms in total. The summed E-state index contributed by atoms with van der Waals surface area (Å²) < 4.78 is 14.5. The molecule has 1 amide bonds. The van der Waals surface area contributed by atoms with E-state index >= 15 is 0 Å². The molecule has 0 aliphatic heterocycles. The maximum absolute atomic E-state index is 14.5. The summed E-state index contributed by atoms with van der Waals surface area (Å²) >= 11 is 0. The molecule has 3 aromatic rings. The fraction of sp³-hybridized carbons (Fsp3) is 0.525. The molecule has 1 aliphatic carbocycles. The number of rotatable bonds is 15. The maximum Gasteiger partial charge on any atom is 0.226 e. The fourth-order valence-corrected chi connectivity index (χ4v) is 7.32. The summed E-state index contributed by atoms with van der Waals surface area (Å²) in [7, 11) is 2.58. The molecule has 0 saturated heterocycles. The van der Waals surface area contributed by atoms with Gasteiger partial charge in [0.25, 0.3) is 0 Å². The number of carbonyl (C=O) groups excluding carboxylic acids is 1. The number of hydrogen-bond donors (Lipinski definition) is 3. The van der Waals surface area contributed by atoms with Gasteiger partial charge in [0.2, 0.25) is 5.91 Å². The molecule has 3 atom stereocenters. The van der Waals surface area contributed by atoms with Gasteiger partial charge >= 0.3 is 0 Å². The van der Waals surface area contributed by atoms with Crippen LogP contribution in [0.3, 0.4) is 0 Å². The van der Waals surface area contributed by atoms with Crippen molar-refractivity contribution in [3.8, 4) is 0 Å². The molecular weight excluding hydrogens is 604 g/mol. The highest BCUT2D eigenvalue weighted by Crippen LogP contribution is 2.39. The third-order valence-corrected chi connectivity index (χ3v) is 9.85. The van der Waals surface area contributed by atoms with Crippen molar-refractivity contribution in [1.82, 2.24) is 10.2 Å². The highest BCUT2D eigenvalue weighted by molar-refractivity contribution is 7.27. The number of amides is 1. The van der Waals surface area contributed by atoms with Crippen molar-refractivity contribution in [2.45, 2.75) is 116 Å². The Balaban J connectivity index is 1.57. The van der Waals surface area contributed by atoms with Crippen molar-refractivity contribution < 1.29 is 14.3 Å². The van der Waals surface area contributed by atoms with Crippen LogP contribution in [0.5, 0.6) is 0 Å². The molecule has 3 N–H and O–H groups in total. The van der Waals surface area contributed by atoms with Crippen molar-refractivity contribution in [3.05, 3.63) is 94.8 Å². The van der Waals surface area contributed by atoms with Gasteiger partial charge in [0.15, 0.2) is 0 Å². The maximum atomic E-state index is 14.5. The minimum Gasteiger partial charge on any atom is -0.390 e. The number of nitrogens with one attached hydrogen (secondary N) is 2.